The van der Waals surface area contributed by atoms with E-state index >= 15 is 0 Å². The Labute approximate surface area is 206 Å². The first-order valence-electron chi connectivity index (χ1n) is 12.8. The monoisotopic (exact) mass is 464 g/mol. The number of allylic oxidation sites excluding steroid dienone is 1. The molecule has 1 fully saturated rings. The minimum Gasteiger partial charge on any atom is -0.388 e. The molecule has 186 valence electrons. The Bertz CT molecular complexity index is 1000. The highest BCUT2D eigenvalue weighted by atomic mass is 15.2. The average molecular weight is 465 g/mol. The van der Waals surface area contributed by atoms with Crippen LogP contribution in [-0.2, 0) is 6.54 Å². The summed E-state index contributed by atoms with van der Waals surface area (Å²) in [6, 6.07) is 15.0. The minimum atomic E-state index is 0.441. The van der Waals surface area contributed by atoms with Crippen LogP contribution in [0.2, 0.25) is 0 Å². The van der Waals surface area contributed by atoms with Crippen molar-refractivity contribution in [3.8, 4) is 0 Å². The van der Waals surface area contributed by atoms with E-state index in [-0.39, 0.29) is 0 Å². The van der Waals surface area contributed by atoms with Gasteiger partial charge in [0.25, 0.3) is 0 Å². The molecule has 6 nitrogen and oxygen atoms in total. The summed E-state index contributed by atoms with van der Waals surface area (Å²) in [5, 5.41) is 7.06. The number of piperidine rings is 1. The van der Waals surface area contributed by atoms with Crippen LogP contribution in [0, 0.1) is 6.92 Å². The first kappa shape index (κ1) is 27.4. The van der Waals surface area contributed by atoms with E-state index in [1.54, 1.807) is 0 Å². The number of hydrogen-bond donors (Lipinski definition) is 2. The number of nitrogens with one attached hydrogen (secondary N) is 2. The highest BCUT2D eigenvalue weighted by Crippen LogP contribution is 2.23. The van der Waals surface area contributed by atoms with E-state index in [1.807, 2.05) is 53.7 Å². The van der Waals surface area contributed by atoms with Crippen molar-refractivity contribution in [3.63, 3.8) is 0 Å². The molecular weight excluding hydrogens is 420 g/mol. The van der Waals surface area contributed by atoms with Gasteiger partial charge in [0.15, 0.2) is 0 Å². The van der Waals surface area contributed by atoms with Gasteiger partial charge < -0.3 is 20.1 Å². The van der Waals surface area contributed by atoms with Gasteiger partial charge in [-0.15, -0.1) is 0 Å². The summed E-state index contributed by atoms with van der Waals surface area (Å²) in [7, 11) is 0. The maximum atomic E-state index is 4.90. The van der Waals surface area contributed by atoms with E-state index in [0.717, 1.165) is 79.6 Å². The van der Waals surface area contributed by atoms with Crippen molar-refractivity contribution in [2.24, 2.45) is 0 Å². The van der Waals surface area contributed by atoms with Gasteiger partial charge >= 0.3 is 0 Å². The van der Waals surface area contributed by atoms with Gasteiger partial charge in [0.1, 0.15) is 0 Å². The lowest BCUT2D eigenvalue weighted by molar-refractivity contribution is 0.220. The van der Waals surface area contributed by atoms with Gasteiger partial charge in [-0.2, -0.15) is 0 Å². The summed E-state index contributed by atoms with van der Waals surface area (Å²) in [6.45, 7) is 20.9. The van der Waals surface area contributed by atoms with Crippen LogP contribution in [-0.4, -0.2) is 51.7 Å². The molecule has 1 aliphatic heterocycles. The van der Waals surface area contributed by atoms with Crippen molar-refractivity contribution in [2.75, 3.05) is 31.5 Å². The average Bonchev–Trinajstić information content (AvgIpc) is 3.19. The molecule has 4 rings (SSSR count). The summed E-state index contributed by atoms with van der Waals surface area (Å²) in [4.78, 5) is 12.1. The van der Waals surface area contributed by atoms with Crippen molar-refractivity contribution < 1.29 is 0 Å². The third-order valence-electron chi connectivity index (χ3n) is 5.70. The van der Waals surface area contributed by atoms with E-state index in [4.69, 9.17) is 9.97 Å². The maximum absolute atomic E-state index is 4.90. The Kier molecular flexibility index (Phi) is 11.6. The number of benzene rings is 1. The van der Waals surface area contributed by atoms with Crippen LogP contribution >= 0.6 is 0 Å². The molecule has 0 radical (unpaired) electrons. The molecule has 2 aromatic heterocycles. The lowest BCUT2D eigenvalue weighted by Crippen LogP contribution is -2.42. The van der Waals surface area contributed by atoms with Gasteiger partial charge in [-0.1, -0.05) is 52.5 Å². The van der Waals surface area contributed by atoms with Crippen LogP contribution in [0.25, 0.3) is 11.0 Å². The summed E-state index contributed by atoms with van der Waals surface area (Å²) in [6.07, 6.45) is 2.25. The van der Waals surface area contributed by atoms with Crippen molar-refractivity contribution in [1.82, 2.24) is 24.8 Å². The van der Waals surface area contributed by atoms with E-state index in [2.05, 4.69) is 57.0 Å². The van der Waals surface area contributed by atoms with Gasteiger partial charge in [-0.25, -0.2) is 4.98 Å². The van der Waals surface area contributed by atoms with Gasteiger partial charge in [0, 0.05) is 43.6 Å². The molecule has 3 heterocycles. The minimum absolute atomic E-state index is 0.441. The molecule has 2 N–H and O–H groups in total. The standard InChI is InChI=1S/C24H32N6.2C2H6/c1-18(2)25-13-16-29-14-11-20(12-15-29)27-24-28-22-9-4-5-10-23(22)30(24)17-21-8-6-7-19(3)26-21;2*1-2/h4-10,20,25H,1,11-17H2,2-3H3,(H,27,28);2*1-2H3. The van der Waals surface area contributed by atoms with Crippen LogP contribution in [0.4, 0.5) is 5.95 Å². The fourth-order valence-corrected chi connectivity index (χ4v) is 4.11. The first-order valence-corrected chi connectivity index (χ1v) is 12.8. The normalized spacial score (nSPS) is 13.9. The van der Waals surface area contributed by atoms with Gasteiger partial charge in [-0.05, 0) is 51.0 Å². The molecule has 0 saturated carbocycles. The number of pyridine rings is 1. The van der Waals surface area contributed by atoms with E-state index in [9.17, 15) is 0 Å². The Morgan fingerprint density at radius 1 is 1.00 bits per heavy atom. The largest absolute Gasteiger partial charge is 0.388 e. The highest BCUT2D eigenvalue weighted by Gasteiger charge is 2.21. The molecule has 0 unspecified atom stereocenters. The lowest BCUT2D eigenvalue weighted by atomic mass is 10.1. The number of para-hydroxylation sites is 2. The zero-order chi connectivity index (χ0) is 24.9. The molecular formula is C28H44N6. The summed E-state index contributed by atoms with van der Waals surface area (Å²) in [5.74, 6) is 0.946. The Balaban J connectivity index is 0.000000970. The Morgan fingerprint density at radius 3 is 2.38 bits per heavy atom. The molecule has 0 aliphatic carbocycles. The number of imidazole rings is 1. The number of hydrogen-bond acceptors (Lipinski definition) is 5. The van der Waals surface area contributed by atoms with Crippen molar-refractivity contribution >= 4 is 17.0 Å². The summed E-state index contributed by atoms with van der Waals surface area (Å²) in [5.41, 5.74) is 5.30. The fourth-order valence-electron chi connectivity index (χ4n) is 4.11. The second kappa shape index (κ2) is 14.4. The molecule has 0 atom stereocenters. The van der Waals surface area contributed by atoms with Gasteiger partial charge in [0.05, 0.1) is 23.3 Å². The zero-order valence-corrected chi connectivity index (χ0v) is 22.1. The SMILES string of the molecule is C=C(C)NCCN1CCC(Nc2nc3ccccc3n2Cc2cccc(C)n2)CC1.CC.CC. The van der Waals surface area contributed by atoms with Crippen LogP contribution in [0.5, 0.6) is 0 Å². The number of anilines is 1. The molecule has 3 aromatic rings. The van der Waals surface area contributed by atoms with Gasteiger partial charge in [-0.3, -0.25) is 4.98 Å². The number of aryl methyl sites for hydroxylation is 1. The van der Waals surface area contributed by atoms with Crippen LogP contribution in [0.1, 0.15) is 58.8 Å². The second-order valence-corrected chi connectivity index (χ2v) is 8.25. The van der Waals surface area contributed by atoms with Crippen LogP contribution < -0.4 is 10.6 Å². The number of likely N-dealkylation sites (tertiary alicyclic amines) is 1. The molecule has 0 bridgehead atoms. The topological polar surface area (TPSA) is 58.0 Å². The fraction of sp³-hybridized carbons (Fsp3) is 0.500. The summed E-state index contributed by atoms with van der Waals surface area (Å²) < 4.78 is 2.26. The van der Waals surface area contributed by atoms with E-state index in [0.29, 0.717) is 6.04 Å². The third-order valence-corrected chi connectivity index (χ3v) is 5.70. The summed E-state index contributed by atoms with van der Waals surface area (Å²) >= 11 is 0. The predicted molar refractivity (Wildman–Crippen MR) is 146 cm³/mol. The zero-order valence-electron chi connectivity index (χ0n) is 22.1. The molecule has 1 saturated heterocycles. The quantitative estimate of drug-likeness (QED) is 0.439. The van der Waals surface area contributed by atoms with Crippen LogP contribution in [0.3, 0.4) is 0 Å². The molecule has 1 aliphatic rings. The second-order valence-electron chi connectivity index (χ2n) is 8.25. The van der Waals surface area contributed by atoms with Crippen LogP contribution in [0.15, 0.2) is 54.7 Å². The Morgan fingerprint density at radius 2 is 1.71 bits per heavy atom. The van der Waals surface area contributed by atoms with Crippen molar-refractivity contribution in [2.45, 2.75) is 67.0 Å². The van der Waals surface area contributed by atoms with Crippen molar-refractivity contribution in [3.05, 3.63) is 66.1 Å². The van der Waals surface area contributed by atoms with Crippen molar-refractivity contribution in [1.29, 1.82) is 0 Å². The first-order chi connectivity index (χ1) is 16.6. The lowest BCUT2D eigenvalue weighted by Gasteiger charge is -2.32. The molecule has 0 spiro atoms. The number of aromatic nitrogens is 3. The number of rotatable bonds is 8. The molecule has 0 amide bonds. The molecule has 34 heavy (non-hydrogen) atoms. The van der Waals surface area contributed by atoms with E-state index < -0.39 is 0 Å². The maximum Gasteiger partial charge on any atom is 0.204 e. The Hall–Kier alpha value is -2.86. The smallest absolute Gasteiger partial charge is 0.204 e. The molecule has 6 heteroatoms. The highest BCUT2D eigenvalue weighted by molar-refractivity contribution is 5.78. The number of nitrogens with zero attached hydrogens (tertiary/aromatic N) is 4. The van der Waals surface area contributed by atoms with E-state index in [1.165, 1.54) is 0 Å². The van der Waals surface area contributed by atoms with Gasteiger partial charge in [0.2, 0.25) is 5.95 Å². The number of fused-ring (bicyclic) bond motifs is 1. The predicted octanol–water partition coefficient (Wildman–Crippen LogP) is 5.84. The molecule has 1 aromatic carbocycles. The third kappa shape index (κ3) is 7.87.